The number of aromatic nitrogens is 1. The number of thiazole rings is 1. The van der Waals surface area contributed by atoms with Gasteiger partial charge in [0.2, 0.25) is 5.91 Å². The SMILES string of the molecule is Cc1ccc(NS(=O)(=O)c2ccc3c(c2)sc(=O)n3Cc2ccccc2)cc1N1CCCC1=O. The first-order valence-electron chi connectivity index (χ1n) is 10.9. The van der Waals surface area contributed by atoms with E-state index in [1.165, 1.54) is 12.1 Å². The molecule has 1 fully saturated rings. The second kappa shape index (κ2) is 8.73. The van der Waals surface area contributed by atoms with E-state index in [-0.39, 0.29) is 15.7 Å². The number of hydrogen-bond acceptors (Lipinski definition) is 5. The molecule has 174 valence electrons. The fraction of sp³-hybridized carbons (Fsp3) is 0.200. The van der Waals surface area contributed by atoms with Gasteiger partial charge in [0.15, 0.2) is 0 Å². The lowest BCUT2D eigenvalue weighted by molar-refractivity contribution is -0.117. The lowest BCUT2D eigenvalue weighted by atomic mass is 10.1. The number of nitrogens with one attached hydrogen (secondary N) is 1. The molecule has 7 nitrogen and oxygen atoms in total. The number of hydrogen-bond donors (Lipinski definition) is 1. The van der Waals surface area contributed by atoms with E-state index >= 15 is 0 Å². The highest BCUT2D eigenvalue weighted by molar-refractivity contribution is 7.92. The Bertz CT molecular complexity index is 1560. The summed E-state index contributed by atoms with van der Waals surface area (Å²) in [5, 5.41) is 0. The third kappa shape index (κ3) is 4.24. The Labute approximate surface area is 201 Å². The number of benzene rings is 3. The van der Waals surface area contributed by atoms with E-state index in [4.69, 9.17) is 0 Å². The predicted octanol–water partition coefficient (Wildman–Crippen LogP) is 4.35. The number of anilines is 2. The van der Waals surface area contributed by atoms with Gasteiger partial charge in [0.05, 0.1) is 27.3 Å². The van der Waals surface area contributed by atoms with Crippen LogP contribution in [0.2, 0.25) is 0 Å². The average molecular weight is 494 g/mol. The molecule has 5 rings (SSSR count). The maximum absolute atomic E-state index is 13.1. The van der Waals surface area contributed by atoms with Crippen LogP contribution in [0.25, 0.3) is 10.2 Å². The molecule has 1 N–H and O–H groups in total. The summed E-state index contributed by atoms with van der Waals surface area (Å²) in [5.74, 6) is 0.0449. The van der Waals surface area contributed by atoms with Crippen molar-refractivity contribution in [3.63, 3.8) is 0 Å². The molecular formula is C25H23N3O4S2. The molecule has 3 aromatic carbocycles. The van der Waals surface area contributed by atoms with Crippen LogP contribution in [0.5, 0.6) is 0 Å². The zero-order valence-electron chi connectivity index (χ0n) is 18.5. The van der Waals surface area contributed by atoms with E-state index in [9.17, 15) is 18.0 Å². The normalized spacial score (nSPS) is 14.1. The summed E-state index contributed by atoms with van der Waals surface area (Å²) in [4.78, 5) is 26.4. The Morgan fingerprint density at radius 3 is 2.53 bits per heavy atom. The van der Waals surface area contributed by atoms with Crippen molar-refractivity contribution in [2.45, 2.75) is 31.2 Å². The van der Waals surface area contributed by atoms with E-state index in [0.717, 1.165) is 28.9 Å². The lowest BCUT2D eigenvalue weighted by Crippen LogP contribution is -2.24. The van der Waals surface area contributed by atoms with Crippen LogP contribution in [0.4, 0.5) is 11.4 Å². The molecule has 1 aliphatic rings. The largest absolute Gasteiger partial charge is 0.312 e. The number of rotatable bonds is 6. The van der Waals surface area contributed by atoms with Crippen LogP contribution in [-0.2, 0) is 21.4 Å². The van der Waals surface area contributed by atoms with Gasteiger partial charge >= 0.3 is 4.87 Å². The second-order valence-corrected chi connectivity index (χ2v) is 11.0. The highest BCUT2D eigenvalue weighted by Crippen LogP contribution is 2.30. The molecule has 1 aliphatic heterocycles. The number of amides is 1. The van der Waals surface area contributed by atoms with Crippen molar-refractivity contribution < 1.29 is 13.2 Å². The van der Waals surface area contributed by atoms with E-state index in [1.807, 2.05) is 37.3 Å². The van der Waals surface area contributed by atoms with Gasteiger partial charge in [0.25, 0.3) is 10.0 Å². The number of fused-ring (bicyclic) bond motifs is 1. The summed E-state index contributed by atoms with van der Waals surface area (Å²) in [7, 11) is -3.89. The molecule has 2 heterocycles. The van der Waals surface area contributed by atoms with Gasteiger partial charge in [-0.05, 0) is 54.8 Å². The van der Waals surface area contributed by atoms with Crippen LogP contribution in [0, 0.1) is 6.92 Å². The Balaban J connectivity index is 1.44. The summed E-state index contributed by atoms with van der Waals surface area (Å²) in [6.45, 7) is 2.95. The second-order valence-electron chi connectivity index (χ2n) is 8.32. The van der Waals surface area contributed by atoms with E-state index in [1.54, 1.807) is 33.7 Å². The smallest absolute Gasteiger partial charge is 0.308 e. The van der Waals surface area contributed by atoms with E-state index < -0.39 is 10.0 Å². The van der Waals surface area contributed by atoms with Crippen LogP contribution in [-0.4, -0.2) is 25.4 Å². The van der Waals surface area contributed by atoms with Gasteiger partial charge in [-0.2, -0.15) is 0 Å². The van der Waals surface area contributed by atoms with Crippen molar-refractivity contribution >= 4 is 48.9 Å². The standard InChI is InChI=1S/C25H23N3O4S2/c1-17-9-10-19(14-22(17)27-13-5-8-24(27)29)26-34(31,32)20-11-12-21-23(15-20)33-25(30)28(21)16-18-6-3-2-4-7-18/h2-4,6-7,9-12,14-15,26H,5,8,13,16H2,1H3. The molecule has 34 heavy (non-hydrogen) atoms. The summed E-state index contributed by atoms with van der Waals surface area (Å²) in [6, 6.07) is 19.6. The lowest BCUT2D eigenvalue weighted by Gasteiger charge is -2.19. The first-order chi connectivity index (χ1) is 16.3. The summed E-state index contributed by atoms with van der Waals surface area (Å²) in [5.41, 5.74) is 3.70. The van der Waals surface area contributed by atoms with Crippen LogP contribution in [0.15, 0.2) is 76.4 Å². The van der Waals surface area contributed by atoms with Crippen LogP contribution < -0.4 is 14.5 Å². The van der Waals surface area contributed by atoms with Gasteiger partial charge in [-0.25, -0.2) is 8.42 Å². The predicted molar refractivity (Wildman–Crippen MR) is 135 cm³/mol. The van der Waals surface area contributed by atoms with E-state index in [0.29, 0.717) is 41.1 Å². The minimum atomic E-state index is -3.89. The van der Waals surface area contributed by atoms with Crippen molar-refractivity contribution in [2.24, 2.45) is 0 Å². The quantitative estimate of drug-likeness (QED) is 0.433. The van der Waals surface area contributed by atoms with Crippen LogP contribution in [0.1, 0.15) is 24.0 Å². The molecule has 0 unspecified atom stereocenters. The van der Waals surface area contributed by atoms with Crippen molar-refractivity contribution in [1.82, 2.24) is 4.57 Å². The van der Waals surface area contributed by atoms with Gasteiger partial charge in [-0.1, -0.05) is 47.7 Å². The van der Waals surface area contributed by atoms with Crippen molar-refractivity contribution in [3.8, 4) is 0 Å². The number of sulfonamides is 1. The summed E-state index contributed by atoms with van der Waals surface area (Å²) in [6.07, 6.45) is 1.29. The first kappa shape index (κ1) is 22.4. The summed E-state index contributed by atoms with van der Waals surface area (Å²) >= 11 is 1.03. The highest BCUT2D eigenvalue weighted by Gasteiger charge is 2.24. The zero-order chi connectivity index (χ0) is 23.9. The molecule has 9 heteroatoms. The third-order valence-electron chi connectivity index (χ3n) is 5.96. The minimum absolute atomic E-state index is 0.0449. The minimum Gasteiger partial charge on any atom is -0.312 e. The Morgan fingerprint density at radius 1 is 1.00 bits per heavy atom. The maximum atomic E-state index is 13.1. The fourth-order valence-electron chi connectivity index (χ4n) is 4.21. The monoisotopic (exact) mass is 493 g/mol. The van der Waals surface area contributed by atoms with Gasteiger partial charge in [0, 0.05) is 18.7 Å². The fourth-order valence-corrected chi connectivity index (χ4v) is 6.29. The van der Waals surface area contributed by atoms with Crippen LogP contribution >= 0.6 is 11.3 Å². The first-order valence-corrected chi connectivity index (χ1v) is 13.2. The Kier molecular flexibility index (Phi) is 5.75. The molecule has 0 aliphatic carbocycles. The molecule has 1 amide bonds. The number of nitrogens with zero attached hydrogens (tertiary/aromatic N) is 2. The third-order valence-corrected chi connectivity index (χ3v) is 8.28. The molecular weight excluding hydrogens is 470 g/mol. The molecule has 0 radical (unpaired) electrons. The molecule has 0 saturated carbocycles. The van der Waals surface area contributed by atoms with Crippen LogP contribution in [0.3, 0.4) is 0 Å². The Hall–Kier alpha value is -3.43. The molecule has 1 saturated heterocycles. The van der Waals surface area contributed by atoms with Gasteiger partial charge in [-0.15, -0.1) is 0 Å². The molecule has 0 atom stereocenters. The van der Waals surface area contributed by atoms with Crippen molar-refractivity contribution in [2.75, 3.05) is 16.2 Å². The molecule has 4 aromatic rings. The summed E-state index contributed by atoms with van der Waals surface area (Å²) < 4.78 is 31.2. The molecule has 0 spiro atoms. The maximum Gasteiger partial charge on any atom is 0.308 e. The molecule has 0 bridgehead atoms. The number of carbonyl (C=O) groups excluding carboxylic acids is 1. The molecule has 1 aromatic heterocycles. The topological polar surface area (TPSA) is 88.5 Å². The van der Waals surface area contributed by atoms with Crippen molar-refractivity contribution in [3.05, 3.63) is 87.5 Å². The average Bonchev–Trinajstić information content (AvgIpc) is 3.38. The number of aryl methyl sites for hydroxylation is 1. The van der Waals surface area contributed by atoms with Crippen molar-refractivity contribution in [1.29, 1.82) is 0 Å². The van der Waals surface area contributed by atoms with Gasteiger partial charge < -0.3 is 4.90 Å². The zero-order valence-corrected chi connectivity index (χ0v) is 20.2. The number of carbonyl (C=O) groups is 1. The Morgan fingerprint density at radius 2 is 1.79 bits per heavy atom. The van der Waals surface area contributed by atoms with Gasteiger partial charge in [-0.3, -0.25) is 18.9 Å². The van der Waals surface area contributed by atoms with Gasteiger partial charge in [0.1, 0.15) is 0 Å². The van der Waals surface area contributed by atoms with E-state index in [2.05, 4.69) is 4.72 Å². The highest BCUT2D eigenvalue weighted by atomic mass is 32.2.